The summed E-state index contributed by atoms with van der Waals surface area (Å²) in [5.41, 5.74) is -0.508. The van der Waals surface area contributed by atoms with E-state index >= 15 is 0 Å². The fourth-order valence-corrected chi connectivity index (χ4v) is 0.725. The molecule has 0 fully saturated rings. The zero-order valence-electron chi connectivity index (χ0n) is 9.42. The lowest BCUT2D eigenvalue weighted by Crippen LogP contribution is -2.34. The average molecular weight is 202 g/mol. The van der Waals surface area contributed by atoms with Gasteiger partial charge in [0.15, 0.2) is 6.10 Å². The molecule has 0 aliphatic heterocycles. The quantitative estimate of drug-likeness (QED) is 0.651. The molecule has 14 heavy (non-hydrogen) atoms. The number of ether oxygens (including phenoxy) is 2. The molecule has 4 heteroatoms. The van der Waals surface area contributed by atoms with Gasteiger partial charge >= 0.3 is 11.9 Å². The van der Waals surface area contributed by atoms with Gasteiger partial charge in [-0.05, 0) is 27.2 Å². The molecule has 0 aromatic heterocycles. The number of hydrogen-bond acceptors (Lipinski definition) is 4. The topological polar surface area (TPSA) is 52.6 Å². The minimum absolute atomic E-state index is 0.483. The van der Waals surface area contributed by atoms with E-state index in [0.717, 1.165) is 0 Å². The van der Waals surface area contributed by atoms with Gasteiger partial charge < -0.3 is 9.47 Å². The van der Waals surface area contributed by atoms with E-state index in [1.807, 2.05) is 20.8 Å². The average Bonchev–Trinajstić information content (AvgIpc) is 2.02. The molecular weight excluding hydrogens is 184 g/mol. The second-order valence-electron chi connectivity index (χ2n) is 3.79. The molecule has 0 heterocycles. The van der Waals surface area contributed by atoms with E-state index in [9.17, 15) is 9.59 Å². The van der Waals surface area contributed by atoms with Crippen LogP contribution in [0, 0.1) is 0 Å². The second-order valence-corrected chi connectivity index (χ2v) is 3.79. The monoisotopic (exact) mass is 202 g/mol. The molecule has 0 aliphatic carbocycles. The van der Waals surface area contributed by atoms with Gasteiger partial charge in [-0.15, -0.1) is 0 Å². The van der Waals surface area contributed by atoms with Crippen molar-refractivity contribution < 1.29 is 19.1 Å². The predicted octanol–water partition coefficient (Wildman–Crippen LogP) is 1.67. The summed E-state index contributed by atoms with van der Waals surface area (Å²) >= 11 is 0. The summed E-state index contributed by atoms with van der Waals surface area (Å²) < 4.78 is 9.82. The minimum atomic E-state index is -0.835. The summed E-state index contributed by atoms with van der Waals surface area (Å²) in [4.78, 5) is 21.9. The minimum Gasteiger partial charge on any atom is -0.457 e. The maximum Gasteiger partial charge on any atom is 0.347 e. The highest BCUT2D eigenvalue weighted by molar-refractivity contribution is 5.78. The molecule has 0 saturated heterocycles. The Bertz CT molecular complexity index is 220. The van der Waals surface area contributed by atoms with E-state index < -0.39 is 23.6 Å². The molecule has 0 saturated carbocycles. The van der Waals surface area contributed by atoms with Crippen LogP contribution in [-0.2, 0) is 19.1 Å². The molecule has 1 unspecified atom stereocenters. The van der Waals surface area contributed by atoms with Gasteiger partial charge in [0.05, 0.1) is 0 Å². The Kier molecular flexibility index (Phi) is 4.60. The van der Waals surface area contributed by atoms with Crippen LogP contribution in [0.2, 0.25) is 0 Å². The maximum atomic E-state index is 11.4. The first-order valence-electron chi connectivity index (χ1n) is 4.68. The van der Waals surface area contributed by atoms with Gasteiger partial charge in [0.1, 0.15) is 5.60 Å². The molecule has 82 valence electrons. The van der Waals surface area contributed by atoms with Crippen molar-refractivity contribution in [2.24, 2.45) is 0 Å². The lowest BCUT2D eigenvalue weighted by Gasteiger charge is -2.24. The molecule has 0 aromatic rings. The lowest BCUT2D eigenvalue weighted by molar-refractivity contribution is -0.174. The summed E-state index contributed by atoms with van der Waals surface area (Å²) in [6.45, 7) is 8.30. The third-order valence-corrected chi connectivity index (χ3v) is 1.90. The van der Waals surface area contributed by atoms with E-state index in [4.69, 9.17) is 4.74 Å². The Hall–Kier alpha value is -1.06. The zero-order valence-corrected chi connectivity index (χ0v) is 9.42. The van der Waals surface area contributed by atoms with Gasteiger partial charge in [0, 0.05) is 6.92 Å². The fraction of sp³-hybridized carbons (Fsp3) is 0.800. The molecule has 0 amide bonds. The SMILES string of the molecule is CCC(C)(C)OC(=O)C(C)OC(C)=O. The Morgan fingerprint density at radius 3 is 2.21 bits per heavy atom. The number of carbonyl (C=O) groups is 2. The van der Waals surface area contributed by atoms with Gasteiger partial charge in [-0.25, -0.2) is 4.79 Å². The largest absolute Gasteiger partial charge is 0.457 e. The van der Waals surface area contributed by atoms with Crippen molar-refractivity contribution in [3.05, 3.63) is 0 Å². The van der Waals surface area contributed by atoms with Gasteiger partial charge in [0.2, 0.25) is 0 Å². The van der Waals surface area contributed by atoms with Crippen LogP contribution in [0.5, 0.6) is 0 Å². The van der Waals surface area contributed by atoms with Crippen molar-refractivity contribution in [3.8, 4) is 0 Å². The van der Waals surface area contributed by atoms with Gasteiger partial charge in [-0.1, -0.05) is 6.92 Å². The smallest absolute Gasteiger partial charge is 0.347 e. The number of rotatable bonds is 4. The standard InChI is InChI=1S/C10H18O4/c1-6-10(4,5)14-9(12)7(2)13-8(3)11/h7H,6H2,1-5H3. The van der Waals surface area contributed by atoms with Gasteiger partial charge in [-0.3, -0.25) is 4.79 Å². The Morgan fingerprint density at radius 1 is 1.36 bits per heavy atom. The summed E-state index contributed by atoms with van der Waals surface area (Å²) in [7, 11) is 0. The van der Waals surface area contributed by atoms with Crippen molar-refractivity contribution in [2.45, 2.75) is 52.7 Å². The summed E-state index contributed by atoms with van der Waals surface area (Å²) in [5.74, 6) is -0.990. The summed E-state index contributed by atoms with van der Waals surface area (Å²) in [6, 6.07) is 0. The molecular formula is C10H18O4. The molecule has 0 rings (SSSR count). The molecule has 0 radical (unpaired) electrons. The van der Waals surface area contributed by atoms with Crippen LogP contribution in [0.25, 0.3) is 0 Å². The highest BCUT2D eigenvalue weighted by Crippen LogP contribution is 2.15. The molecule has 0 spiro atoms. The van der Waals surface area contributed by atoms with Crippen molar-refractivity contribution >= 4 is 11.9 Å². The molecule has 1 atom stereocenters. The van der Waals surface area contributed by atoms with Crippen molar-refractivity contribution in [1.82, 2.24) is 0 Å². The number of carbonyl (C=O) groups excluding carboxylic acids is 2. The van der Waals surface area contributed by atoms with E-state index in [1.54, 1.807) is 0 Å². The van der Waals surface area contributed by atoms with Crippen LogP contribution >= 0.6 is 0 Å². The normalized spacial score (nSPS) is 13.2. The summed E-state index contributed by atoms with van der Waals surface area (Å²) in [6.07, 6.45) is -0.121. The zero-order chi connectivity index (χ0) is 11.4. The lowest BCUT2D eigenvalue weighted by atomic mass is 10.1. The van der Waals surface area contributed by atoms with Crippen molar-refractivity contribution in [2.75, 3.05) is 0 Å². The van der Waals surface area contributed by atoms with E-state index in [-0.39, 0.29) is 0 Å². The Balaban J connectivity index is 4.14. The molecule has 4 nitrogen and oxygen atoms in total. The van der Waals surface area contributed by atoms with Crippen LogP contribution in [0.1, 0.15) is 41.0 Å². The molecule has 0 N–H and O–H groups in total. The number of esters is 2. The Morgan fingerprint density at radius 2 is 1.86 bits per heavy atom. The molecule has 0 aliphatic rings. The predicted molar refractivity (Wildman–Crippen MR) is 51.7 cm³/mol. The maximum absolute atomic E-state index is 11.4. The van der Waals surface area contributed by atoms with E-state index in [2.05, 4.69) is 4.74 Å². The third kappa shape index (κ3) is 4.84. The highest BCUT2D eigenvalue weighted by atomic mass is 16.6. The fourth-order valence-electron chi connectivity index (χ4n) is 0.725. The number of hydrogen-bond donors (Lipinski definition) is 0. The van der Waals surface area contributed by atoms with E-state index in [1.165, 1.54) is 13.8 Å². The summed E-state index contributed by atoms with van der Waals surface area (Å²) in [5, 5.41) is 0. The van der Waals surface area contributed by atoms with Crippen LogP contribution in [-0.4, -0.2) is 23.6 Å². The van der Waals surface area contributed by atoms with Crippen molar-refractivity contribution in [1.29, 1.82) is 0 Å². The first-order valence-corrected chi connectivity index (χ1v) is 4.68. The molecule has 0 bridgehead atoms. The third-order valence-electron chi connectivity index (χ3n) is 1.90. The van der Waals surface area contributed by atoms with Gasteiger partial charge in [-0.2, -0.15) is 0 Å². The first kappa shape index (κ1) is 12.9. The van der Waals surface area contributed by atoms with Crippen LogP contribution < -0.4 is 0 Å². The van der Waals surface area contributed by atoms with Crippen molar-refractivity contribution in [3.63, 3.8) is 0 Å². The first-order chi connectivity index (χ1) is 6.28. The highest BCUT2D eigenvalue weighted by Gasteiger charge is 2.25. The molecule has 0 aromatic carbocycles. The van der Waals surface area contributed by atoms with Crippen LogP contribution in [0.4, 0.5) is 0 Å². The van der Waals surface area contributed by atoms with Crippen LogP contribution in [0.15, 0.2) is 0 Å². The second kappa shape index (κ2) is 4.98. The van der Waals surface area contributed by atoms with E-state index in [0.29, 0.717) is 6.42 Å². The Labute approximate surface area is 84.6 Å². The van der Waals surface area contributed by atoms with Gasteiger partial charge in [0.25, 0.3) is 0 Å². The van der Waals surface area contributed by atoms with Crippen LogP contribution in [0.3, 0.4) is 0 Å².